The van der Waals surface area contributed by atoms with Crippen LogP contribution in [0.4, 0.5) is 11.4 Å². The highest BCUT2D eigenvalue weighted by atomic mass is 16.5. The van der Waals surface area contributed by atoms with E-state index >= 15 is 0 Å². The fourth-order valence-electron chi connectivity index (χ4n) is 2.79. The second-order valence-electron chi connectivity index (χ2n) is 6.38. The maximum Gasteiger partial charge on any atom is 0.255 e. The predicted molar refractivity (Wildman–Crippen MR) is 99.8 cm³/mol. The zero-order valence-electron chi connectivity index (χ0n) is 15.0. The maximum absolute atomic E-state index is 12.4. The van der Waals surface area contributed by atoms with Gasteiger partial charge >= 0.3 is 0 Å². The second-order valence-corrected chi connectivity index (χ2v) is 6.38. The third-order valence-corrected chi connectivity index (χ3v) is 4.51. The van der Waals surface area contributed by atoms with Crippen molar-refractivity contribution in [2.24, 2.45) is 11.8 Å². The van der Waals surface area contributed by atoms with E-state index in [9.17, 15) is 9.59 Å². The second kappa shape index (κ2) is 7.47. The molecule has 0 radical (unpaired) electrons. The van der Waals surface area contributed by atoms with E-state index in [1.54, 1.807) is 36.4 Å². The molecule has 1 aliphatic carbocycles. The molecule has 1 saturated carbocycles. The van der Waals surface area contributed by atoms with E-state index in [1.165, 1.54) is 14.2 Å². The number of ether oxygens (including phenoxy) is 2. The van der Waals surface area contributed by atoms with E-state index in [0.717, 1.165) is 6.42 Å². The highest BCUT2D eigenvalue weighted by Crippen LogP contribution is 2.41. The van der Waals surface area contributed by atoms with Gasteiger partial charge in [0.1, 0.15) is 11.5 Å². The molecule has 1 aliphatic rings. The molecule has 6 nitrogen and oxygen atoms in total. The molecule has 2 amide bonds. The van der Waals surface area contributed by atoms with E-state index in [-0.39, 0.29) is 17.7 Å². The number of anilines is 2. The topological polar surface area (TPSA) is 76.7 Å². The van der Waals surface area contributed by atoms with Gasteiger partial charge in [-0.2, -0.15) is 0 Å². The largest absolute Gasteiger partial charge is 0.494 e. The molecule has 0 heterocycles. The Kier molecular flexibility index (Phi) is 5.11. The number of nitrogens with one attached hydrogen (secondary N) is 2. The van der Waals surface area contributed by atoms with Crippen molar-refractivity contribution in [1.82, 2.24) is 0 Å². The van der Waals surface area contributed by atoms with Crippen molar-refractivity contribution < 1.29 is 19.1 Å². The summed E-state index contributed by atoms with van der Waals surface area (Å²) in [6.07, 6.45) is 0.899. The molecule has 0 aromatic heterocycles. The Hall–Kier alpha value is -3.02. The summed E-state index contributed by atoms with van der Waals surface area (Å²) in [6, 6.07) is 12.2. The lowest BCUT2D eigenvalue weighted by molar-refractivity contribution is -0.117. The lowest BCUT2D eigenvalue weighted by atomic mass is 10.2. The summed E-state index contributed by atoms with van der Waals surface area (Å²) >= 11 is 0. The molecule has 3 rings (SSSR count). The van der Waals surface area contributed by atoms with E-state index < -0.39 is 0 Å². The molecule has 0 saturated heterocycles. The van der Waals surface area contributed by atoms with Gasteiger partial charge in [-0.05, 0) is 24.5 Å². The van der Waals surface area contributed by atoms with Crippen LogP contribution in [0.5, 0.6) is 11.5 Å². The lowest BCUT2D eigenvalue weighted by Gasteiger charge is -2.16. The maximum atomic E-state index is 12.4. The van der Waals surface area contributed by atoms with Crippen molar-refractivity contribution in [3.8, 4) is 11.5 Å². The number of benzene rings is 2. The molecule has 0 bridgehead atoms. The summed E-state index contributed by atoms with van der Waals surface area (Å²) in [5.41, 5.74) is 1.52. The van der Waals surface area contributed by atoms with Gasteiger partial charge in [0.2, 0.25) is 5.91 Å². The number of methoxy groups -OCH3 is 2. The van der Waals surface area contributed by atoms with Crippen LogP contribution < -0.4 is 20.1 Å². The van der Waals surface area contributed by atoms with Crippen LogP contribution in [0, 0.1) is 11.8 Å². The van der Waals surface area contributed by atoms with Crippen molar-refractivity contribution in [2.75, 3.05) is 24.9 Å². The van der Waals surface area contributed by atoms with Crippen molar-refractivity contribution in [2.45, 2.75) is 13.3 Å². The normalized spacial score (nSPS) is 18.0. The van der Waals surface area contributed by atoms with Crippen LogP contribution >= 0.6 is 0 Å². The van der Waals surface area contributed by atoms with Gasteiger partial charge in [-0.15, -0.1) is 0 Å². The average molecular weight is 354 g/mol. The molecular weight excluding hydrogens is 332 g/mol. The number of carbonyl (C=O) groups excluding carboxylic acids is 2. The molecule has 2 aromatic rings. The summed E-state index contributed by atoms with van der Waals surface area (Å²) in [4.78, 5) is 24.6. The van der Waals surface area contributed by atoms with Gasteiger partial charge in [0.25, 0.3) is 5.91 Å². The van der Waals surface area contributed by atoms with E-state index in [2.05, 4.69) is 10.6 Å². The number of hydrogen-bond acceptors (Lipinski definition) is 4. The van der Waals surface area contributed by atoms with Crippen LogP contribution in [0.25, 0.3) is 0 Å². The highest BCUT2D eigenvalue weighted by Gasteiger charge is 2.39. The first kappa shape index (κ1) is 17.8. The van der Waals surface area contributed by atoms with Gasteiger partial charge in [-0.3, -0.25) is 9.59 Å². The zero-order chi connectivity index (χ0) is 18.7. The molecule has 26 heavy (non-hydrogen) atoms. The fraction of sp³-hybridized carbons (Fsp3) is 0.300. The van der Waals surface area contributed by atoms with Gasteiger partial charge in [0, 0.05) is 23.6 Å². The number of amides is 2. The van der Waals surface area contributed by atoms with E-state index in [1.807, 2.05) is 13.0 Å². The minimum atomic E-state index is -0.255. The third-order valence-electron chi connectivity index (χ3n) is 4.51. The monoisotopic (exact) mass is 354 g/mol. The van der Waals surface area contributed by atoms with Crippen LogP contribution in [0.15, 0.2) is 42.5 Å². The minimum absolute atomic E-state index is 0.0288. The molecule has 2 atom stereocenters. The van der Waals surface area contributed by atoms with E-state index in [4.69, 9.17) is 9.47 Å². The molecule has 2 aromatic carbocycles. The van der Waals surface area contributed by atoms with Gasteiger partial charge in [0.05, 0.1) is 25.6 Å². The fourth-order valence-corrected chi connectivity index (χ4v) is 2.79. The Labute approximate surface area is 152 Å². The molecule has 6 heteroatoms. The quantitative estimate of drug-likeness (QED) is 0.832. The number of carbonyl (C=O) groups is 2. The summed E-state index contributed by atoms with van der Waals surface area (Å²) < 4.78 is 10.8. The minimum Gasteiger partial charge on any atom is -0.494 e. The Morgan fingerprint density at radius 3 is 2.00 bits per heavy atom. The Morgan fingerprint density at radius 1 is 0.962 bits per heavy atom. The molecule has 0 unspecified atom stereocenters. The van der Waals surface area contributed by atoms with Crippen LogP contribution in [-0.2, 0) is 4.79 Å². The van der Waals surface area contributed by atoms with Crippen molar-refractivity contribution >= 4 is 23.2 Å². The zero-order valence-corrected chi connectivity index (χ0v) is 15.0. The first-order valence-corrected chi connectivity index (χ1v) is 8.46. The Bertz CT molecular complexity index is 820. The number of rotatable bonds is 6. The molecule has 0 aliphatic heterocycles. The number of hydrogen-bond donors (Lipinski definition) is 2. The third kappa shape index (κ3) is 3.79. The molecular formula is C20H22N2O4. The molecule has 1 fully saturated rings. The van der Waals surface area contributed by atoms with Crippen LogP contribution in [0.1, 0.15) is 23.7 Å². The van der Waals surface area contributed by atoms with Crippen LogP contribution in [0.2, 0.25) is 0 Å². The van der Waals surface area contributed by atoms with Gasteiger partial charge < -0.3 is 20.1 Å². The van der Waals surface area contributed by atoms with Gasteiger partial charge in [-0.25, -0.2) is 0 Å². The summed E-state index contributed by atoms with van der Waals surface area (Å²) in [6.45, 7) is 2.05. The Balaban J connectivity index is 1.84. The summed E-state index contributed by atoms with van der Waals surface area (Å²) in [5, 5.41) is 5.70. The Morgan fingerprint density at radius 2 is 1.50 bits per heavy atom. The first-order valence-electron chi connectivity index (χ1n) is 8.46. The summed E-state index contributed by atoms with van der Waals surface area (Å²) in [5.74, 6) is 1.06. The lowest BCUT2D eigenvalue weighted by Crippen LogP contribution is -2.16. The van der Waals surface area contributed by atoms with E-state index in [0.29, 0.717) is 34.4 Å². The molecule has 0 spiro atoms. The first-order chi connectivity index (χ1) is 12.5. The van der Waals surface area contributed by atoms with Crippen LogP contribution in [-0.4, -0.2) is 26.0 Å². The average Bonchev–Trinajstić information content (AvgIpc) is 3.40. The van der Waals surface area contributed by atoms with Crippen molar-refractivity contribution in [1.29, 1.82) is 0 Å². The van der Waals surface area contributed by atoms with Gasteiger partial charge in [0.15, 0.2) is 0 Å². The predicted octanol–water partition coefficient (Wildman–Crippen LogP) is 3.55. The standard InChI is InChI=1S/C20H22N2O4/c1-12-9-14(12)20(24)22-16-11-17(25-2)15(10-18(16)26-3)21-19(23)13-7-5-4-6-8-13/h4-8,10-12,14H,9H2,1-3H3,(H,21,23)(H,22,24)/t12-,14+/m0/s1. The van der Waals surface area contributed by atoms with Crippen molar-refractivity contribution in [3.05, 3.63) is 48.0 Å². The molecule has 2 N–H and O–H groups in total. The smallest absolute Gasteiger partial charge is 0.255 e. The van der Waals surface area contributed by atoms with Crippen molar-refractivity contribution in [3.63, 3.8) is 0 Å². The van der Waals surface area contributed by atoms with Crippen LogP contribution in [0.3, 0.4) is 0 Å². The van der Waals surface area contributed by atoms with Gasteiger partial charge in [-0.1, -0.05) is 25.1 Å². The SMILES string of the molecule is COc1cc(NC(=O)[C@@H]2C[C@@H]2C)c(OC)cc1NC(=O)c1ccccc1. The molecule has 136 valence electrons. The summed E-state index contributed by atoms with van der Waals surface area (Å²) in [7, 11) is 3.02. The highest BCUT2D eigenvalue weighted by molar-refractivity contribution is 6.05.